The van der Waals surface area contributed by atoms with Gasteiger partial charge in [0.25, 0.3) is 5.91 Å². The summed E-state index contributed by atoms with van der Waals surface area (Å²) in [5, 5.41) is 4.96. The average molecular weight is 730 g/mol. The summed E-state index contributed by atoms with van der Waals surface area (Å²) in [6.45, 7) is 0. The standard InChI is InChI=1S/C25H13Cl6F6N3O3/c26-10-3-7(4-11(27)18(10)29)15-16(24(15,30)31)22(42)38-8-5-9(17(28)13(33)6-8)21(41)39-14-2-1-12(32)20(19(14)34)40-23(43)25(35,36)37/h1-5,8,15-16H,6H2,(H,38,42)(H,39,41)(H,40,43)/t8?,15-,16+/m0/s1. The van der Waals surface area contributed by atoms with Crippen LogP contribution in [0, 0.1) is 17.6 Å². The lowest BCUT2D eigenvalue weighted by Crippen LogP contribution is -2.38. The van der Waals surface area contributed by atoms with E-state index in [0.29, 0.717) is 17.7 Å². The summed E-state index contributed by atoms with van der Waals surface area (Å²) in [5.74, 6) is -11.0. The first-order valence-corrected chi connectivity index (χ1v) is 13.9. The van der Waals surface area contributed by atoms with Gasteiger partial charge in [-0.3, -0.25) is 14.4 Å². The van der Waals surface area contributed by atoms with Crippen LogP contribution in [-0.4, -0.2) is 34.3 Å². The first-order valence-electron chi connectivity index (χ1n) is 11.6. The molecule has 0 radical (unpaired) electrons. The van der Waals surface area contributed by atoms with E-state index in [1.807, 2.05) is 5.32 Å². The van der Waals surface area contributed by atoms with Gasteiger partial charge in [-0.25, -0.2) is 13.2 Å². The fraction of sp³-hybridized carbons (Fsp3) is 0.240. The van der Waals surface area contributed by atoms with Crippen molar-refractivity contribution in [3.05, 3.63) is 79.0 Å². The third-order valence-corrected chi connectivity index (χ3v) is 8.90. The number of anilines is 2. The van der Waals surface area contributed by atoms with Gasteiger partial charge in [-0.2, -0.15) is 13.2 Å². The van der Waals surface area contributed by atoms with E-state index in [0.717, 1.165) is 11.4 Å². The first-order chi connectivity index (χ1) is 19.8. The number of benzene rings is 2. The Balaban J connectivity index is 1.53. The van der Waals surface area contributed by atoms with E-state index in [1.165, 1.54) is 12.1 Å². The highest BCUT2D eigenvalue weighted by Gasteiger charge is 2.67. The van der Waals surface area contributed by atoms with E-state index < -0.39 is 92.0 Å². The highest BCUT2D eigenvalue weighted by atomic mass is 35.5. The van der Waals surface area contributed by atoms with Crippen molar-refractivity contribution in [1.82, 2.24) is 5.32 Å². The van der Waals surface area contributed by atoms with Crippen LogP contribution >= 0.6 is 69.6 Å². The van der Waals surface area contributed by atoms with E-state index in [9.17, 15) is 40.7 Å². The molecule has 0 spiro atoms. The highest BCUT2D eigenvalue weighted by molar-refractivity contribution is 6.53. The molecule has 2 aliphatic carbocycles. The van der Waals surface area contributed by atoms with Crippen LogP contribution in [0.3, 0.4) is 0 Å². The zero-order valence-electron chi connectivity index (χ0n) is 20.6. The number of amides is 3. The second-order valence-electron chi connectivity index (χ2n) is 9.24. The quantitative estimate of drug-likeness (QED) is 0.159. The molecule has 230 valence electrons. The Morgan fingerprint density at radius 1 is 0.930 bits per heavy atom. The van der Waals surface area contributed by atoms with E-state index >= 15 is 0 Å². The van der Waals surface area contributed by atoms with Crippen LogP contribution in [-0.2, 0) is 14.4 Å². The molecule has 2 aliphatic rings. The van der Waals surface area contributed by atoms with Gasteiger partial charge in [0.05, 0.1) is 43.3 Å². The van der Waals surface area contributed by atoms with Crippen molar-refractivity contribution in [2.24, 2.45) is 5.92 Å². The summed E-state index contributed by atoms with van der Waals surface area (Å²) in [4.78, 5) is 37.1. The zero-order valence-corrected chi connectivity index (χ0v) is 25.1. The maximum atomic E-state index is 14.8. The fourth-order valence-electron chi connectivity index (χ4n) is 4.26. The minimum absolute atomic E-state index is 0.0728. The molecule has 6 nitrogen and oxygen atoms in total. The van der Waals surface area contributed by atoms with Crippen molar-refractivity contribution >= 4 is 98.7 Å². The maximum Gasteiger partial charge on any atom is 0.471 e. The Labute approximate surface area is 268 Å². The van der Waals surface area contributed by atoms with Crippen molar-refractivity contribution in [2.75, 3.05) is 10.6 Å². The van der Waals surface area contributed by atoms with E-state index in [1.54, 1.807) is 0 Å². The van der Waals surface area contributed by atoms with Crippen molar-refractivity contribution in [3.8, 4) is 0 Å². The minimum atomic E-state index is -5.47. The Morgan fingerprint density at radius 3 is 2.12 bits per heavy atom. The van der Waals surface area contributed by atoms with E-state index in [2.05, 4.69) is 5.32 Å². The fourth-order valence-corrected chi connectivity index (χ4v) is 5.93. The first kappa shape index (κ1) is 33.5. The molecule has 3 atom stereocenters. The molecule has 1 saturated carbocycles. The lowest BCUT2D eigenvalue weighted by atomic mass is 10.00. The zero-order chi connectivity index (χ0) is 32.2. The van der Waals surface area contributed by atoms with Gasteiger partial charge >= 0.3 is 12.1 Å². The summed E-state index contributed by atoms with van der Waals surface area (Å²) in [6, 6.07) is 2.77. The molecule has 18 heteroatoms. The lowest BCUT2D eigenvalue weighted by molar-refractivity contribution is -0.167. The van der Waals surface area contributed by atoms with Gasteiger partial charge in [0.2, 0.25) is 5.91 Å². The number of halogens is 12. The number of hydrogen-bond acceptors (Lipinski definition) is 3. The molecule has 1 fully saturated rings. The molecule has 3 N–H and O–H groups in total. The number of carbonyl (C=O) groups excluding carboxylic acids is 3. The molecule has 0 bridgehead atoms. The van der Waals surface area contributed by atoms with E-state index in [4.69, 9.17) is 69.6 Å². The van der Waals surface area contributed by atoms with Crippen LogP contribution in [0.4, 0.5) is 37.7 Å². The summed E-state index contributed by atoms with van der Waals surface area (Å²) in [6.07, 6.45) is -4.94. The predicted molar refractivity (Wildman–Crippen MR) is 150 cm³/mol. The molecule has 0 saturated heterocycles. The monoisotopic (exact) mass is 727 g/mol. The molecule has 43 heavy (non-hydrogen) atoms. The predicted octanol–water partition coefficient (Wildman–Crippen LogP) is 8.19. The SMILES string of the molecule is O=C(Nc1ccc(F)c(NC(=O)C(F)(F)F)c1F)C1=CC(NC(=O)[C@H]2[C@H](c3cc(Cl)c(Cl)c(Cl)c3)C2(Cl)Cl)CC(F)=C1Cl. The van der Waals surface area contributed by atoms with Crippen molar-refractivity contribution < 1.29 is 40.7 Å². The molecule has 4 rings (SSSR count). The molecule has 1 unspecified atom stereocenters. The topological polar surface area (TPSA) is 87.3 Å². The Hall–Kier alpha value is -2.35. The van der Waals surface area contributed by atoms with Gasteiger partial charge in [0, 0.05) is 12.3 Å². The molecular formula is C25H13Cl6F6N3O3. The lowest BCUT2D eigenvalue weighted by Gasteiger charge is -2.22. The van der Waals surface area contributed by atoms with Crippen molar-refractivity contribution in [1.29, 1.82) is 0 Å². The minimum Gasteiger partial charge on any atom is -0.349 e. The van der Waals surface area contributed by atoms with Gasteiger partial charge in [-0.15, -0.1) is 23.2 Å². The summed E-state index contributed by atoms with van der Waals surface area (Å²) in [7, 11) is 0. The van der Waals surface area contributed by atoms with Crippen LogP contribution in [0.15, 0.2) is 46.8 Å². The largest absolute Gasteiger partial charge is 0.471 e. The maximum absolute atomic E-state index is 14.8. The Kier molecular flexibility index (Phi) is 9.52. The highest BCUT2D eigenvalue weighted by Crippen LogP contribution is 2.65. The van der Waals surface area contributed by atoms with Gasteiger partial charge in [0.1, 0.15) is 21.7 Å². The van der Waals surface area contributed by atoms with Gasteiger partial charge in [-0.1, -0.05) is 46.4 Å². The number of nitrogens with one attached hydrogen (secondary N) is 3. The summed E-state index contributed by atoms with van der Waals surface area (Å²) < 4.78 is 79.5. The number of rotatable bonds is 6. The molecule has 0 heterocycles. The van der Waals surface area contributed by atoms with Crippen LogP contribution in [0.5, 0.6) is 0 Å². The van der Waals surface area contributed by atoms with Crippen LogP contribution < -0.4 is 16.0 Å². The third-order valence-electron chi connectivity index (χ3n) is 6.35. The van der Waals surface area contributed by atoms with Crippen molar-refractivity contribution in [2.45, 2.75) is 28.9 Å². The Morgan fingerprint density at radius 2 is 1.53 bits per heavy atom. The average Bonchev–Trinajstić information content (AvgIpc) is 3.49. The normalized spacial score (nSPS) is 21.2. The molecule has 0 aliphatic heterocycles. The van der Waals surface area contributed by atoms with Gasteiger partial charge in [-0.05, 0) is 35.9 Å². The molecule has 0 aromatic heterocycles. The second kappa shape index (κ2) is 12.2. The molecule has 2 aromatic rings. The van der Waals surface area contributed by atoms with Gasteiger partial charge in [0.15, 0.2) is 5.82 Å². The van der Waals surface area contributed by atoms with Crippen LogP contribution in [0.1, 0.15) is 17.9 Å². The van der Waals surface area contributed by atoms with Crippen LogP contribution in [0.25, 0.3) is 0 Å². The number of hydrogen-bond donors (Lipinski definition) is 3. The Bertz CT molecular complexity index is 1590. The molecular weight excluding hydrogens is 717 g/mol. The number of alkyl halides is 5. The second-order valence-corrected chi connectivity index (χ2v) is 12.3. The van der Waals surface area contributed by atoms with E-state index in [-0.39, 0.29) is 15.1 Å². The van der Waals surface area contributed by atoms with Crippen LogP contribution in [0.2, 0.25) is 15.1 Å². The smallest absolute Gasteiger partial charge is 0.349 e. The third kappa shape index (κ3) is 6.84. The summed E-state index contributed by atoms with van der Waals surface area (Å²) in [5.41, 5.74) is -2.59. The van der Waals surface area contributed by atoms with Gasteiger partial charge < -0.3 is 16.0 Å². The molecule has 3 amide bonds. The molecule has 2 aromatic carbocycles. The number of carbonyl (C=O) groups is 3. The van der Waals surface area contributed by atoms with Crippen molar-refractivity contribution in [3.63, 3.8) is 0 Å². The summed E-state index contributed by atoms with van der Waals surface area (Å²) >= 11 is 36.7.